The van der Waals surface area contributed by atoms with Gasteiger partial charge in [-0.3, -0.25) is 9.48 Å². The Morgan fingerprint density at radius 2 is 2.18 bits per heavy atom. The van der Waals surface area contributed by atoms with E-state index in [2.05, 4.69) is 30.4 Å². The van der Waals surface area contributed by atoms with Gasteiger partial charge in [0.25, 0.3) is 0 Å². The van der Waals surface area contributed by atoms with Gasteiger partial charge in [0, 0.05) is 26.6 Å². The summed E-state index contributed by atoms with van der Waals surface area (Å²) in [6, 6.07) is 0. The van der Waals surface area contributed by atoms with Gasteiger partial charge in [0.15, 0.2) is 5.96 Å². The molecule has 1 aromatic rings. The van der Waals surface area contributed by atoms with Crippen LogP contribution in [0.4, 0.5) is 0 Å². The van der Waals surface area contributed by atoms with Gasteiger partial charge >= 0.3 is 5.97 Å². The number of nitrogens with one attached hydrogen (secondary N) is 2. The number of unbranched alkanes of at least 4 members (excludes halogenated alkanes) is 1. The molecule has 1 rings (SSSR count). The Labute approximate surface area is 148 Å². The fourth-order valence-electron chi connectivity index (χ4n) is 1.66. The van der Waals surface area contributed by atoms with E-state index in [0.717, 1.165) is 37.7 Å². The highest BCUT2D eigenvalue weighted by Crippen LogP contribution is 1.96. The fourth-order valence-corrected chi connectivity index (χ4v) is 1.66. The first-order valence-corrected chi connectivity index (χ1v) is 7.09. The fraction of sp³-hybridized carbons (Fsp3) is 0.692. The van der Waals surface area contributed by atoms with Gasteiger partial charge in [-0.2, -0.15) is 5.10 Å². The molecule has 8 nitrogen and oxygen atoms in total. The molecule has 0 bridgehead atoms. The lowest BCUT2D eigenvalue weighted by Gasteiger charge is -2.10. The Morgan fingerprint density at radius 1 is 1.41 bits per heavy atom. The molecular formula is C13H25IN6O2. The first-order valence-electron chi connectivity index (χ1n) is 7.09. The van der Waals surface area contributed by atoms with Crippen molar-refractivity contribution in [2.45, 2.75) is 32.7 Å². The maximum atomic E-state index is 11.0. The molecule has 22 heavy (non-hydrogen) atoms. The van der Waals surface area contributed by atoms with E-state index in [1.807, 2.05) is 14.0 Å². The van der Waals surface area contributed by atoms with Gasteiger partial charge in [0.05, 0.1) is 7.11 Å². The van der Waals surface area contributed by atoms with Crippen molar-refractivity contribution in [1.82, 2.24) is 25.4 Å². The third-order valence-corrected chi connectivity index (χ3v) is 2.86. The summed E-state index contributed by atoms with van der Waals surface area (Å²) in [5.41, 5.74) is 0. The first kappa shape index (κ1) is 20.6. The van der Waals surface area contributed by atoms with E-state index in [9.17, 15) is 4.79 Å². The van der Waals surface area contributed by atoms with E-state index in [1.54, 1.807) is 4.68 Å². The average molecular weight is 424 g/mol. The predicted molar refractivity (Wildman–Crippen MR) is 95.1 cm³/mol. The number of aromatic nitrogens is 3. The minimum Gasteiger partial charge on any atom is -0.469 e. The molecule has 0 aromatic carbocycles. The summed E-state index contributed by atoms with van der Waals surface area (Å²) in [7, 11) is 3.24. The van der Waals surface area contributed by atoms with Crippen molar-refractivity contribution in [1.29, 1.82) is 0 Å². The monoisotopic (exact) mass is 424 g/mol. The minimum absolute atomic E-state index is 0. The van der Waals surface area contributed by atoms with Crippen molar-refractivity contribution in [2.24, 2.45) is 12.0 Å². The Hall–Kier alpha value is -1.39. The standard InChI is InChI=1S/C13H24N6O2.HI/c1-4-14-13(15-8-6-5-7-12(20)21-3)16-9-11-17-10-18-19(11)2;/h10H,4-9H2,1-3H3,(H2,14,15,16);1H. The van der Waals surface area contributed by atoms with Gasteiger partial charge in [-0.05, 0) is 19.8 Å². The third-order valence-electron chi connectivity index (χ3n) is 2.86. The molecule has 0 saturated carbocycles. The maximum absolute atomic E-state index is 11.0. The summed E-state index contributed by atoms with van der Waals surface area (Å²) in [5.74, 6) is 1.37. The number of nitrogens with zero attached hydrogens (tertiary/aromatic N) is 4. The van der Waals surface area contributed by atoms with Crippen LogP contribution in [0.2, 0.25) is 0 Å². The van der Waals surface area contributed by atoms with Gasteiger partial charge in [0.2, 0.25) is 0 Å². The molecule has 126 valence electrons. The Kier molecular flexibility index (Phi) is 11.4. The number of hydrogen-bond acceptors (Lipinski definition) is 5. The Bertz CT molecular complexity index is 463. The second-order valence-corrected chi connectivity index (χ2v) is 4.46. The van der Waals surface area contributed by atoms with Crippen LogP contribution in [-0.2, 0) is 23.1 Å². The number of halogens is 1. The van der Waals surface area contributed by atoms with E-state index < -0.39 is 0 Å². The number of carbonyl (C=O) groups is 1. The highest BCUT2D eigenvalue weighted by molar-refractivity contribution is 14.0. The van der Waals surface area contributed by atoms with Crippen molar-refractivity contribution in [3.63, 3.8) is 0 Å². The van der Waals surface area contributed by atoms with E-state index >= 15 is 0 Å². The van der Waals surface area contributed by atoms with Crippen molar-refractivity contribution >= 4 is 35.9 Å². The number of aliphatic imine (C=N–C) groups is 1. The zero-order valence-electron chi connectivity index (χ0n) is 13.3. The number of methoxy groups -OCH3 is 1. The van der Waals surface area contributed by atoms with Gasteiger partial charge in [-0.25, -0.2) is 9.98 Å². The zero-order valence-corrected chi connectivity index (χ0v) is 15.7. The number of aryl methyl sites for hydroxylation is 1. The molecule has 1 aromatic heterocycles. The summed E-state index contributed by atoms with van der Waals surface area (Å²) in [6.07, 6.45) is 3.63. The number of hydrogen-bond donors (Lipinski definition) is 2. The van der Waals surface area contributed by atoms with Crippen LogP contribution in [0.3, 0.4) is 0 Å². The SMILES string of the molecule is CCNC(=NCc1ncnn1C)NCCCCC(=O)OC.I. The van der Waals surface area contributed by atoms with Crippen LogP contribution < -0.4 is 10.6 Å². The second-order valence-electron chi connectivity index (χ2n) is 4.46. The van der Waals surface area contributed by atoms with Crippen LogP contribution in [0, 0.1) is 0 Å². The van der Waals surface area contributed by atoms with Gasteiger partial charge < -0.3 is 15.4 Å². The van der Waals surface area contributed by atoms with Gasteiger partial charge in [-0.15, -0.1) is 24.0 Å². The lowest BCUT2D eigenvalue weighted by Crippen LogP contribution is -2.37. The molecule has 0 atom stereocenters. The smallest absolute Gasteiger partial charge is 0.305 e. The van der Waals surface area contributed by atoms with Crippen LogP contribution in [0.1, 0.15) is 32.0 Å². The van der Waals surface area contributed by atoms with E-state index in [4.69, 9.17) is 0 Å². The van der Waals surface area contributed by atoms with Crippen molar-refractivity contribution in [3.05, 3.63) is 12.2 Å². The molecule has 0 saturated heterocycles. The van der Waals surface area contributed by atoms with Crippen LogP contribution in [0.25, 0.3) is 0 Å². The topological polar surface area (TPSA) is 93.4 Å². The van der Waals surface area contributed by atoms with Crippen LogP contribution in [0.5, 0.6) is 0 Å². The summed E-state index contributed by atoms with van der Waals surface area (Å²) < 4.78 is 6.29. The van der Waals surface area contributed by atoms with E-state index in [0.29, 0.717) is 13.0 Å². The summed E-state index contributed by atoms with van der Waals surface area (Å²) in [4.78, 5) is 19.6. The molecule has 0 unspecified atom stereocenters. The van der Waals surface area contributed by atoms with Crippen molar-refractivity contribution < 1.29 is 9.53 Å². The number of rotatable bonds is 8. The lowest BCUT2D eigenvalue weighted by atomic mass is 10.2. The first-order chi connectivity index (χ1) is 10.2. The minimum atomic E-state index is -0.169. The van der Waals surface area contributed by atoms with Crippen LogP contribution >= 0.6 is 24.0 Å². The molecule has 1 heterocycles. The number of ether oxygens (including phenoxy) is 1. The highest BCUT2D eigenvalue weighted by Gasteiger charge is 2.02. The summed E-state index contributed by atoms with van der Waals surface area (Å²) >= 11 is 0. The third kappa shape index (κ3) is 8.15. The normalized spacial score (nSPS) is 10.8. The summed E-state index contributed by atoms with van der Waals surface area (Å²) in [5, 5.41) is 10.4. The molecule has 0 spiro atoms. The van der Waals surface area contributed by atoms with E-state index in [-0.39, 0.29) is 29.9 Å². The predicted octanol–water partition coefficient (Wildman–Crippen LogP) is 0.831. The second kappa shape index (κ2) is 12.2. The molecule has 0 amide bonds. The largest absolute Gasteiger partial charge is 0.469 e. The van der Waals surface area contributed by atoms with Gasteiger partial charge in [-0.1, -0.05) is 0 Å². The van der Waals surface area contributed by atoms with Crippen LogP contribution in [-0.4, -0.2) is 46.9 Å². The van der Waals surface area contributed by atoms with Crippen molar-refractivity contribution in [3.8, 4) is 0 Å². The average Bonchev–Trinajstić information content (AvgIpc) is 2.89. The Balaban J connectivity index is 0.00000441. The molecule has 0 aliphatic heterocycles. The van der Waals surface area contributed by atoms with Crippen LogP contribution in [0.15, 0.2) is 11.3 Å². The summed E-state index contributed by atoms with van der Waals surface area (Å²) in [6.45, 7) is 4.01. The maximum Gasteiger partial charge on any atom is 0.305 e. The van der Waals surface area contributed by atoms with Crippen molar-refractivity contribution in [2.75, 3.05) is 20.2 Å². The zero-order chi connectivity index (χ0) is 15.5. The number of carbonyl (C=O) groups excluding carboxylic acids is 1. The molecule has 0 radical (unpaired) electrons. The molecule has 0 aliphatic carbocycles. The molecule has 9 heteroatoms. The molecule has 0 aliphatic rings. The molecule has 2 N–H and O–H groups in total. The highest BCUT2D eigenvalue weighted by atomic mass is 127. The number of guanidine groups is 1. The lowest BCUT2D eigenvalue weighted by molar-refractivity contribution is -0.140. The molecule has 0 fully saturated rings. The van der Waals surface area contributed by atoms with E-state index in [1.165, 1.54) is 13.4 Å². The quantitative estimate of drug-likeness (QED) is 0.211. The van der Waals surface area contributed by atoms with Gasteiger partial charge in [0.1, 0.15) is 18.7 Å². The molecular weight excluding hydrogens is 399 g/mol. The number of esters is 1. The Morgan fingerprint density at radius 3 is 2.77 bits per heavy atom.